The average Bonchev–Trinajstić information content (AvgIpc) is 2.48. The minimum atomic E-state index is -3.52. The van der Waals surface area contributed by atoms with Crippen LogP contribution < -0.4 is 4.72 Å². The molecule has 0 saturated heterocycles. The van der Waals surface area contributed by atoms with Gasteiger partial charge < -0.3 is 0 Å². The van der Waals surface area contributed by atoms with Crippen LogP contribution in [0.15, 0.2) is 53.4 Å². The van der Waals surface area contributed by atoms with Gasteiger partial charge in [-0.15, -0.1) is 0 Å². The first-order valence-electron chi connectivity index (χ1n) is 7.19. The molecule has 2 rings (SSSR count). The van der Waals surface area contributed by atoms with Crippen molar-refractivity contribution in [1.29, 1.82) is 0 Å². The van der Waals surface area contributed by atoms with Crippen LogP contribution in [0.25, 0.3) is 0 Å². The number of sulfonamides is 1. The Balaban J connectivity index is 2.20. The Morgan fingerprint density at radius 3 is 2.43 bits per heavy atom. The van der Waals surface area contributed by atoms with Crippen molar-refractivity contribution in [1.82, 2.24) is 0 Å². The summed E-state index contributed by atoms with van der Waals surface area (Å²) in [6, 6.07) is 14.5. The van der Waals surface area contributed by atoms with Gasteiger partial charge >= 0.3 is 0 Å². The van der Waals surface area contributed by atoms with E-state index in [0.29, 0.717) is 10.6 Å². The molecule has 2 aromatic rings. The third-order valence-corrected chi connectivity index (χ3v) is 4.71. The van der Waals surface area contributed by atoms with E-state index in [-0.39, 0.29) is 0 Å². The molecule has 0 aromatic heterocycles. The number of aryl methyl sites for hydroxylation is 2. The Labute approximate surface area is 127 Å². The minimum Gasteiger partial charge on any atom is -0.280 e. The highest BCUT2D eigenvalue weighted by molar-refractivity contribution is 7.92. The van der Waals surface area contributed by atoms with Crippen molar-refractivity contribution < 1.29 is 8.42 Å². The van der Waals surface area contributed by atoms with Gasteiger partial charge in [0.25, 0.3) is 10.0 Å². The van der Waals surface area contributed by atoms with E-state index >= 15 is 0 Å². The van der Waals surface area contributed by atoms with Gasteiger partial charge in [-0.1, -0.05) is 43.2 Å². The molecule has 0 bridgehead atoms. The molecule has 4 heteroatoms. The van der Waals surface area contributed by atoms with Gasteiger partial charge in [0.15, 0.2) is 0 Å². The van der Waals surface area contributed by atoms with Crippen LogP contribution in [-0.4, -0.2) is 8.42 Å². The smallest absolute Gasteiger partial charge is 0.261 e. The van der Waals surface area contributed by atoms with Crippen LogP contribution in [0, 0.1) is 6.92 Å². The van der Waals surface area contributed by atoms with Crippen LogP contribution in [0.4, 0.5) is 5.69 Å². The quantitative estimate of drug-likeness (QED) is 0.872. The molecule has 0 radical (unpaired) electrons. The second-order valence-electron chi connectivity index (χ2n) is 5.22. The molecule has 2 aromatic carbocycles. The minimum absolute atomic E-state index is 0.316. The second kappa shape index (κ2) is 6.76. The van der Waals surface area contributed by atoms with E-state index in [0.717, 1.165) is 30.4 Å². The fourth-order valence-corrected chi connectivity index (χ4v) is 3.21. The lowest BCUT2D eigenvalue weighted by atomic mass is 10.1. The standard InChI is InChI=1S/C17H21NO2S/c1-3-4-6-15-7-5-8-17(13-15)21(19,20)18-16-11-9-14(2)10-12-16/h5,7-13,18H,3-4,6H2,1-2H3. The van der Waals surface area contributed by atoms with E-state index in [1.54, 1.807) is 30.3 Å². The van der Waals surface area contributed by atoms with E-state index in [2.05, 4.69) is 11.6 Å². The first-order valence-corrected chi connectivity index (χ1v) is 8.68. The maximum Gasteiger partial charge on any atom is 0.261 e. The van der Waals surface area contributed by atoms with E-state index in [1.807, 2.05) is 25.1 Å². The number of unbranched alkanes of at least 4 members (excludes halogenated alkanes) is 1. The third kappa shape index (κ3) is 4.33. The van der Waals surface area contributed by atoms with E-state index < -0.39 is 10.0 Å². The summed E-state index contributed by atoms with van der Waals surface area (Å²) in [5, 5.41) is 0. The maximum absolute atomic E-state index is 12.4. The summed E-state index contributed by atoms with van der Waals surface area (Å²) in [5.74, 6) is 0. The molecule has 0 aliphatic carbocycles. The molecule has 0 fully saturated rings. The molecule has 21 heavy (non-hydrogen) atoms. The normalized spacial score (nSPS) is 11.3. The first-order chi connectivity index (χ1) is 10.0. The van der Waals surface area contributed by atoms with Gasteiger partial charge in [-0.2, -0.15) is 0 Å². The number of anilines is 1. The van der Waals surface area contributed by atoms with Crippen molar-refractivity contribution in [2.24, 2.45) is 0 Å². The molecule has 0 spiro atoms. The molecule has 0 heterocycles. The Bertz CT molecular complexity index is 691. The second-order valence-corrected chi connectivity index (χ2v) is 6.90. The topological polar surface area (TPSA) is 46.2 Å². The predicted octanol–water partition coefficient (Wildman–Crippen LogP) is 4.14. The highest BCUT2D eigenvalue weighted by atomic mass is 32.2. The fraction of sp³-hybridized carbons (Fsp3) is 0.294. The van der Waals surface area contributed by atoms with Crippen LogP contribution in [0.5, 0.6) is 0 Å². The summed E-state index contributed by atoms with van der Waals surface area (Å²) in [6.07, 6.45) is 3.07. The summed E-state index contributed by atoms with van der Waals surface area (Å²) in [6.45, 7) is 4.09. The Hall–Kier alpha value is -1.81. The Morgan fingerprint density at radius 1 is 1.05 bits per heavy atom. The molecule has 0 saturated carbocycles. The van der Waals surface area contributed by atoms with Gasteiger partial charge in [-0.25, -0.2) is 8.42 Å². The number of hydrogen-bond donors (Lipinski definition) is 1. The highest BCUT2D eigenvalue weighted by Crippen LogP contribution is 2.18. The largest absolute Gasteiger partial charge is 0.280 e. The van der Waals surface area contributed by atoms with Crippen molar-refractivity contribution in [3.63, 3.8) is 0 Å². The summed E-state index contributed by atoms with van der Waals surface area (Å²) < 4.78 is 27.4. The summed E-state index contributed by atoms with van der Waals surface area (Å²) in [7, 11) is -3.52. The predicted molar refractivity (Wildman–Crippen MR) is 87.0 cm³/mol. The summed E-state index contributed by atoms with van der Waals surface area (Å²) in [4.78, 5) is 0.316. The molecule has 0 aliphatic heterocycles. The van der Waals surface area contributed by atoms with Crippen LogP contribution in [0.3, 0.4) is 0 Å². The van der Waals surface area contributed by atoms with Crippen LogP contribution in [0.1, 0.15) is 30.9 Å². The van der Waals surface area contributed by atoms with E-state index in [4.69, 9.17) is 0 Å². The molecule has 0 atom stereocenters. The zero-order valence-electron chi connectivity index (χ0n) is 12.5. The maximum atomic E-state index is 12.4. The molecule has 3 nitrogen and oxygen atoms in total. The average molecular weight is 303 g/mol. The van der Waals surface area contributed by atoms with E-state index in [9.17, 15) is 8.42 Å². The SMILES string of the molecule is CCCCc1cccc(S(=O)(=O)Nc2ccc(C)cc2)c1. The number of nitrogens with one attached hydrogen (secondary N) is 1. The van der Waals surface area contributed by atoms with Crippen molar-refractivity contribution in [3.8, 4) is 0 Å². The monoisotopic (exact) mass is 303 g/mol. The highest BCUT2D eigenvalue weighted by Gasteiger charge is 2.14. The van der Waals surface area contributed by atoms with E-state index in [1.165, 1.54) is 0 Å². The van der Waals surface area contributed by atoms with Gasteiger partial charge in [-0.3, -0.25) is 4.72 Å². The Kier molecular flexibility index (Phi) is 5.02. The number of hydrogen-bond acceptors (Lipinski definition) is 2. The summed E-state index contributed by atoms with van der Waals surface area (Å²) >= 11 is 0. The lowest BCUT2D eigenvalue weighted by Crippen LogP contribution is -2.13. The van der Waals surface area contributed by atoms with Gasteiger partial charge in [0.2, 0.25) is 0 Å². The molecule has 112 valence electrons. The first kappa shape index (κ1) is 15.6. The van der Waals surface area contributed by atoms with Gasteiger partial charge in [0.05, 0.1) is 4.90 Å². The van der Waals surface area contributed by atoms with Gasteiger partial charge in [0, 0.05) is 5.69 Å². The Morgan fingerprint density at radius 2 is 1.76 bits per heavy atom. The van der Waals surface area contributed by atoms with Crippen molar-refractivity contribution >= 4 is 15.7 Å². The van der Waals surface area contributed by atoms with Crippen molar-refractivity contribution in [2.45, 2.75) is 38.0 Å². The summed E-state index contributed by atoms with van der Waals surface area (Å²) in [5.41, 5.74) is 2.74. The lowest BCUT2D eigenvalue weighted by Gasteiger charge is -2.09. The van der Waals surface area contributed by atoms with Crippen LogP contribution in [-0.2, 0) is 16.4 Å². The molecule has 0 unspecified atom stereocenters. The van der Waals surface area contributed by atoms with Gasteiger partial charge in [-0.05, 0) is 49.6 Å². The van der Waals surface area contributed by atoms with Crippen molar-refractivity contribution in [2.75, 3.05) is 4.72 Å². The molecule has 0 amide bonds. The molecular formula is C17H21NO2S. The van der Waals surface area contributed by atoms with Crippen LogP contribution >= 0.6 is 0 Å². The number of benzene rings is 2. The third-order valence-electron chi connectivity index (χ3n) is 3.33. The fourth-order valence-electron chi connectivity index (χ4n) is 2.08. The zero-order chi connectivity index (χ0) is 15.3. The zero-order valence-corrected chi connectivity index (χ0v) is 13.3. The van der Waals surface area contributed by atoms with Crippen molar-refractivity contribution in [3.05, 3.63) is 59.7 Å². The molecule has 0 aliphatic rings. The molecule has 1 N–H and O–H groups in total. The number of rotatable bonds is 6. The van der Waals surface area contributed by atoms with Crippen LogP contribution in [0.2, 0.25) is 0 Å². The van der Waals surface area contributed by atoms with Gasteiger partial charge in [0.1, 0.15) is 0 Å². The molecular weight excluding hydrogens is 282 g/mol. The lowest BCUT2D eigenvalue weighted by molar-refractivity contribution is 0.601.